The second-order valence-corrected chi connectivity index (χ2v) is 17.1. The number of likely N-dealkylation sites (N-methyl/N-ethyl adjacent to an activating group) is 1. The molecule has 3 heterocycles. The summed E-state index contributed by atoms with van der Waals surface area (Å²) in [7, 11) is 1.20. The van der Waals surface area contributed by atoms with Crippen LogP contribution in [-0.2, 0) is 4.57 Å². The molecule has 1 amide bonds. The highest BCUT2D eigenvalue weighted by Crippen LogP contribution is 2.41. The molecule has 6 rings (SSSR count). The van der Waals surface area contributed by atoms with Gasteiger partial charge in [0.15, 0.2) is 5.82 Å². The lowest BCUT2D eigenvalue weighted by atomic mass is 10.0. The average molecular weight is 738 g/mol. The molecule has 0 bridgehead atoms. The SMILES string of the molecule is COc1cc(N2CCC(N3CCN(C)CC3)CC2)c(NC(=O)c2cccc(Cl)c2)cc1Nc1ncc(Cl)c(Nc2ccccc2P(C)(C)=O)n1. The summed E-state index contributed by atoms with van der Waals surface area (Å²) in [6.45, 7) is 9.47. The van der Waals surface area contributed by atoms with Crippen LogP contribution in [0.25, 0.3) is 0 Å². The number of piperidine rings is 1. The molecule has 0 atom stereocenters. The number of hydrogen-bond donors (Lipinski definition) is 3. The number of nitrogens with one attached hydrogen (secondary N) is 3. The zero-order chi connectivity index (χ0) is 35.4. The Labute approximate surface area is 303 Å². The molecule has 0 spiro atoms. The first-order chi connectivity index (χ1) is 24.0. The van der Waals surface area contributed by atoms with E-state index in [4.69, 9.17) is 27.9 Å². The molecule has 2 aliphatic rings. The first kappa shape index (κ1) is 35.9. The van der Waals surface area contributed by atoms with Crippen molar-refractivity contribution < 1.29 is 14.1 Å². The van der Waals surface area contributed by atoms with E-state index < -0.39 is 7.14 Å². The Kier molecular flexibility index (Phi) is 11.2. The first-order valence-corrected chi connectivity index (χ1v) is 20.0. The van der Waals surface area contributed by atoms with E-state index in [1.807, 2.05) is 36.4 Å². The molecule has 3 aromatic carbocycles. The van der Waals surface area contributed by atoms with Gasteiger partial charge >= 0.3 is 0 Å². The third-order valence-electron chi connectivity index (χ3n) is 9.24. The fourth-order valence-corrected chi connectivity index (χ4v) is 7.98. The monoisotopic (exact) mass is 736 g/mol. The van der Waals surface area contributed by atoms with E-state index in [0.717, 1.165) is 57.8 Å². The van der Waals surface area contributed by atoms with Crippen molar-refractivity contribution in [3.63, 3.8) is 0 Å². The molecule has 0 unspecified atom stereocenters. The quantitative estimate of drug-likeness (QED) is 0.147. The van der Waals surface area contributed by atoms with E-state index in [2.05, 4.69) is 47.7 Å². The summed E-state index contributed by atoms with van der Waals surface area (Å²) in [6, 6.07) is 18.6. The number of hydrogen-bond acceptors (Lipinski definition) is 10. The van der Waals surface area contributed by atoms with Crippen LogP contribution in [-0.4, -0.2) is 98.5 Å². The van der Waals surface area contributed by atoms with Crippen molar-refractivity contribution in [2.45, 2.75) is 18.9 Å². The smallest absolute Gasteiger partial charge is 0.255 e. The van der Waals surface area contributed by atoms with Crippen molar-refractivity contribution in [3.05, 3.63) is 82.5 Å². The minimum Gasteiger partial charge on any atom is -0.494 e. The van der Waals surface area contributed by atoms with E-state index in [-0.39, 0.29) is 11.9 Å². The van der Waals surface area contributed by atoms with E-state index in [1.54, 1.807) is 44.7 Å². The van der Waals surface area contributed by atoms with Crippen LogP contribution in [0, 0.1) is 0 Å². The molecule has 1 aromatic heterocycles. The van der Waals surface area contributed by atoms with Crippen molar-refractivity contribution >= 4 is 76.1 Å². The molecule has 3 N–H and O–H groups in total. The Hall–Kier alpha value is -3.86. The van der Waals surface area contributed by atoms with Crippen LogP contribution in [0.15, 0.2) is 66.9 Å². The van der Waals surface area contributed by atoms with Gasteiger partial charge in [-0.2, -0.15) is 4.98 Å². The van der Waals surface area contributed by atoms with Gasteiger partial charge in [-0.1, -0.05) is 41.4 Å². The number of anilines is 6. The minimum absolute atomic E-state index is 0.247. The number of carbonyl (C=O) groups is 1. The van der Waals surface area contributed by atoms with E-state index in [9.17, 15) is 9.36 Å². The number of aromatic nitrogens is 2. The molecule has 11 nitrogen and oxygen atoms in total. The van der Waals surface area contributed by atoms with Gasteiger partial charge in [0.25, 0.3) is 5.91 Å². The Morgan fingerprint density at radius 1 is 0.900 bits per heavy atom. The lowest BCUT2D eigenvalue weighted by molar-refractivity contribution is 0.0981. The van der Waals surface area contributed by atoms with Gasteiger partial charge in [-0.15, -0.1) is 0 Å². The second-order valence-electron chi connectivity index (χ2n) is 13.1. The van der Waals surface area contributed by atoms with Crippen LogP contribution in [0.2, 0.25) is 10.0 Å². The normalized spacial score (nSPS) is 16.2. The van der Waals surface area contributed by atoms with Gasteiger partial charge in [0.1, 0.15) is 17.9 Å². The van der Waals surface area contributed by atoms with Crippen molar-refractivity contribution in [2.24, 2.45) is 0 Å². The van der Waals surface area contributed by atoms with Crippen LogP contribution in [0.5, 0.6) is 5.75 Å². The van der Waals surface area contributed by atoms with Crippen LogP contribution in [0.1, 0.15) is 23.2 Å². The lowest BCUT2D eigenvalue weighted by Crippen LogP contribution is -2.52. The van der Waals surface area contributed by atoms with E-state index in [0.29, 0.717) is 55.6 Å². The fourth-order valence-electron chi connectivity index (χ4n) is 6.49. The summed E-state index contributed by atoms with van der Waals surface area (Å²) in [5, 5.41) is 11.1. The van der Waals surface area contributed by atoms with Gasteiger partial charge in [-0.3, -0.25) is 9.69 Å². The first-order valence-electron chi connectivity index (χ1n) is 16.7. The summed E-state index contributed by atoms with van der Waals surface area (Å²) >= 11 is 12.8. The Balaban J connectivity index is 1.29. The zero-order valence-corrected chi connectivity index (χ0v) is 31.2. The van der Waals surface area contributed by atoms with Crippen molar-refractivity contribution in [1.82, 2.24) is 19.8 Å². The Morgan fingerprint density at radius 3 is 2.34 bits per heavy atom. The number of para-hydroxylation sites is 1. The summed E-state index contributed by atoms with van der Waals surface area (Å²) in [4.78, 5) is 29.9. The highest BCUT2D eigenvalue weighted by atomic mass is 35.5. The van der Waals surface area contributed by atoms with Gasteiger partial charge in [0.05, 0.1) is 36.1 Å². The third kappa shape index (κ3) is 8.53. The Morgan fingerprint density at radius 2 is 1.64 bits per heavy atom. The predicted molar refractivity (Wildman–Crippen MR) is 206 cm³/mol. The lowest BCUT2D eigenvalue weighted by Gasteiger charge is -2.43. The molecule has 0 saturated carbocycles. The highest BCUT2D eigenvalue weighted by molar-refractivity contribution is 7.70. The topological polar surface area (TPSA) is 115 Å². The van der Waals surface area contributed by atoms with Gasteiger partial charge in [0, 0.05) is 67.3 Å². The number of methoxy groups -OCH3 is 1. The molecule has 264 valence electrons. The molecule has 2 saturated heterocycles. The maximum atomic E-state index is 13.5. The number of ether oxygens (including phenoxy) is 1. The van der Waals surface area contributed by atoms with Gasteiger partial charge in [0.2, 0.25) is 5.95 Å². The molecule has 4 aromatic rings. The summed E-state index contributed by atoms with van der Waals surface area (Å²) in [5.74, 6) is 0.863. The number of nitrogens with zero attached hydrogens (tertiary/aromatic N) is 5. The van der Waals surface area contributed by atoms with E-state index >= 15 is 0 Å². The standard InChI is InChI=1S/C36H43Cl2N8O3P/c1-44-16-18-45(19-17-44)26-12-14-46(15-13-26)31-22-32(49-2)30(21-29(31)41-35(47)24-8-7-9-25(37)20-24)42-36-39-23-27(38)34(43-36)40-28-10-5-6-11-33(28)50(3,4)48/h5-11,20-23,26H,12-19H2,1-4H3,(H,41,47)(H2,39,40,42,43). The number of rotatable bonds is 10. The van der Waals surface area contributed by atoms with Gasteiger partial charge in [-0.05, 0) is 69.6 Å². The number of halogens is 2. The molecule has 2 aliphatic heterocycles. The van der Waals surface area contributed by atoms with Crippen LogP contribution in [0.4, 0.5) is 34.5 Å². The number of carbonyl (C=O) groups excluding carboxylic acids is 1. The van der Waals surface area contributed by atoms with Crippen molar-refractivity contribution in [3.8, 4) is 5.75 Å². The number of benzene rings is 3. The highest BCUT2D eigenvalue weighted by Gasteiger charge is 2.29. The Bertz CT molecular complexity index is 1890. The van der Waals surface area contributed by atoms with Gasteiger partial charge < -0.3 is 35.1 Å². The minimum atomic E-state index is -2.59. The van der Waals surface area contributed by atoms with Crippen molar-refractivity contribution in [2.75, 3.05) is 87.6 Å². The maximum absolute atomic E-state index is 13.5. The predicted octanol–water partition coefficient (Wildman–Crippen LogP) is 7.00. The van der Waals surface area contributed by atoms with Gasteiger partial charge in [-0.25, -0.2) is 4.98 Å². The number of amides is 1. The molecule has 14 heteroatoms. The van der Waals surface area contributed by atoms with Crippen LogP contribution < -0.4 is 30.9 Å². The third-order valence-corrected chi connectivity index (χ3v) is 11.3. The summed E-state index contributed by atoms with van der Waals surface area (Å²) in [5.41, 5.74) is 3.11. The number of piperazine rings is 1. The fraction of sp³-hybridized carbons (Fsp3) is 0.361. The van der Waals surface area contributed by atoms with Crippen LogP contribution in [0.3, 0.4) is 0 Å². The summed E-state index contributed by atoms with van der Waals surface area (Å²) in [6.07, 6.45) is 3.54. The largest absolute Gasteiger partial charge is 0.494 e. The molecule has 0 radical (unpaired) electrons. The average Bonchev–Trinajstić information content (AvgIpc) is 3.10. The molecular weight excluding hydrogens is 694 g/mol. The maximum Gasteiger partial charge on any atom is 0.255 e. The molecule has 0 aliphatic carbocycles. The van der Waals surface area contributed by atoms with Crippen molar-refractivity contribution in [1.29, 1.82) is 0 Å². The molecule has 50 heavy (non-hydrogen) atoms. The van der Waals surface area contributed by atoms with Crippen LogP contribution >= 0.6 is 30.3 Å². The zero-order valence-electron chi connectivity index (χ0n) is 28.7. The summed E-state index contributed by atoms with van der Waals surface area (Å²) < 4.78 is 18.8. The van der Waals surface area contributed by atoms with E-state index in [1.165, 1.54) is 6.20 Å². The molecular formula is C36H43Cl2N8O3P. The second kappa shape index (κ2) is 15.6. The molecule has 2 fully saturated rings.